The molecule has 3 aromatic rings. The standard InChI is InChI=1S/C21H26N6OS2/c1-21(2,3)16-13-17(27(25-16)15-9-5-4-6-10-15)22-18(28)14-29-20-24-23-19(30-20)26-11-7-8-12-26/h4-6,9-10,13H,7-8,11-12,14H2,1-3H3,(H,22,28). The lowest BCUT2D eigenvalue weighted by atomic mass is 9.92. The predicted octanol–water partition coefficient (Wildman–Crippen LogP) is 4.35. The molecule has 1 aromatic carbocycles. The van der Waals surface area contributed by atoms with E-state index in [0.29, 0.717) is 5.82 Å². The molecule has 0 spiro atoms. The number of nitrogens with zero attached hydrogens (tertiary/aromatic N) is 5. The Morgan fingerprint density at radius 3 is 2.60 bits per heavy atom. The predicted molar refractivity (Wildman–Crippen MR) is 123 cm³/mol. The number of anilines is 2. The summed E-state index contributed by atoms with van der Waals surface area (Å²) in [7, 11) is 0. The van der Waals surface area contributed by atoms with E-state index in [1.165, 1.54) is 24.6 Å². The van der Waals surface area contributed by atoms with E-state index in [0.717, 1.165) is 33.9 Å². The van der Waals surface area contributed by atoms with Crippen LogP contribution in [0, 0.1) is 0 Å². The second-order valence-corrected chi connectivity index (χ2v) is 10.5. The molecule has 1 amide bonds. The summed E-state index contributed by atoms with van der Waals surface area (Å²) in [5, 5.41) is 17.2. The van der Waals surface area contributed by atoms with Crippen molar-refractivity contribution in [1.82, 2.24) is 20.0 Å². The fraction of sp³-hybridized carbons (Fsp3) is 0.429. The Labute approximate surface area is 184 Å². The number of benzene rings is 1. The highest BCUT2D eigenvalue weighted by molar-refractivity contribution is 8.01. The summed E-state index contributed by atoms with van der Waals surface area (Å²) in [5.74, 6) is 0.863. The molecule has 0 atom stereocenters. The lowest BCUT2D eigenvalue weighted by Gasteiger charge is -2.14. The smallest absolute Gasteiger partial charge is 0.235 e. The molecular formula is C21H26N6OS2. The van der Waals surface area contributed by atoms with Crippen molar-refractivity contribution < 1.29 is 4.79 Å². The second-order valence-electron chi connectivity index (χ2n) is 8.29. The number of thioether (sulfide) groups is 1. The third-order valence-electron chi connectivity index (χ3n) is 4.85. The summed E-state index contributed by atoms with van der Waals surface area (Å²) in [4.78, 5) is 14.9. The Hall–Kier alpha value is -2.39. The summed E-state index contributed by atoms with van der Waals surface area (Å²) in [6.45, 7) is 8.41. The largest absolute Gasteiger partial charge is 0.347 e. The van der Waals surface area contributed by atoms with Gasteiger partial charge in [-0.25, -0.2) is 4.68 Å². The number of amides is 1. The van der Waals surface area contributed by atoms with Crippen molar-refractivity contribution in [2.75, 3.05) is 29.1 Å². The minimum Gasteiger partial charge on any atom is -0.347 e. The molecule has 3 heterocycles. The van der Waals surface area contributed by atoms with E-state index in [2.05, 4.69) is 41.2 Å². The van der Waals surface area contributed by atoms with Crippen LogP contribution in [-0.2, 0) is 10.2 Å². The van der Waals surface area contributed by atoms with E-state index in [9.17, 15) is 4.79 Å². The molecule has 1 fully saturated rings. The van der Waals surface area contributed by atoms with Crippen molar-refractivity contribution in [1.29, 1.82) is 0 Å². The number of hydrogen-bond acceptors (Lipinski definition) is 7. The van der Waals surface area contributed by atoms with Crippen LogP contribution in [0.2, 0.25) is 0 Å². The highest BCUT2D eigenvalue weighted by atomic mass is 32.2. The van der Waals surface area contributed by atoms with Gasteiger partial charge >= 0.3 is 0 Å². The maximum atomic E-state index is 12.7. The Morgan fingerprint density at radius 1 is 1.17 bits per heavy atom. The fourth-order valence-electron chi connectivity index (χ4n) is 3.21. The molecule has 0 saturated carbocycles. The molecule has 0 unspecified atom stereocenters. The quantitative estimate of drug-likeness (QED) is 0.572. The third kappa shape index (κ3) is 4.84. The van der Waals surface area contributed by atoms with E-state index < -0.39 is 0 Å². The zero-order chi connectivity index (χ0) is 21.1. The normalized spacial score (nSPS) is 14.3. The Kier molecular flexibility index (Phi) is 6.10. The van der Waals surface area contributed by atoms with Crippen LogP contribution in [0.5, 0.6) is 0 Å². The van der Waals surface area contributed by atoms with Gasteiger partial charge in [-0.05, 0) is 25.0 Å². The van der Waals surface area contributed by atoms with Gasteiger partial charge in [0.05, 0.1) is 17.1 Å². The van der Waals surface area contributed by atoms with Crippen LogP contribution in [-0.4, -0.2) is 44.7 Å². The lowest BCUT2D eigenvalue weighted by molar-refractivity contribution is -0.113. The van der Waals surface area contributed by atoms with Crippen LogP contribution in [0.4, 0.5) is 10.9 Å². The maximum Gasteiger partial charge on any atom is 0.235 e. The van der Waals surface area contributed by atoms with Gasteiger partial charge < -0.3 is 10.2 Å². The topological polar surface area (TPSA) is 75.9 Å². The molecule has 1 aliphatic rings. The summed E-state index contributed by atoms with van der Waals surface area (Å²) in [6.07, 6.45) is 2.41. The van der Waals surface area contributed by atoms with Gasteiger partial charge in [0.1, 0.15) is 5.82 Å². The van der Waals surface area contributed by atoms with Crippen molar-refractivity contribution in [2.24, 2.45) is 0 Å². The first-order chi connectivity index (χ1) is 14.4. The number of carbonyl (C=O) groups is 1. The van der Waals surface area contributed by atoms with Crippen LogP contribution in [0.3, 0.4) is 0 Å². The highest BCUT2D eigenvalue weighted by Crippen LogP contribution is 2.30. The first-order valence-electron chi connectivity index (χ1n) is 10.1. The van der Waals surface area contributed by atoms with E-state index >= 15 is 0 Å². The van der Waals surface area contributed by atoms with Crippen molar-refractivity contribution >= 4 is 40.0 Å². The minimum absolute atomic E-state index is 0.0875. The molecule has 30 heavy (non-hydrogen) atoms. The fourth-order valence-corrected chi connectivity index (χ4v) is 4.90. The maximum absolute atomic E-state index is 12.7. The number of aromatic nitrogens is 4. The molecule has 1 aliphatic heterocycles. The zero-order valence-corrected chi connectivity index (χ0v) is 19.1. The molecule has 4 rings (SSSR count). The van der Waals surface area contributed by atoms with E-state index in [1.54, 1.807) is 16.0 Å². The average molecular weight is 443 g/mol. The van der Waals surface area contributed by atoms with Gasteiger partial charge in [0, 0.05) is 24.6 Å². The third-order valence-corrected chi connectivity index (χ3v) is 6.96. The SMILES string of the molecule is CC(C)(C)c1cc(NC(=O)CSc2nnc(N3CCCC3)s2)n(-c2ccccc2)n1. The molecule has 0 radical (unpaired) electrons. The highest BCUT2D eigenvalue weighted by Gasteiger charge is 2.22. The molecule has 9 heteroatoms. The summed E-state index contributed by atoms with van der Waals surface area (Å²) in [6, 6.07) is 11.8. The van der Waals surface area contributed by atoms with Crippen molar-refractivity contribution in [3.63, 3.8) is 0 Å². The first kappa shape index (κ1) is 20.9. The Balaban J connectivity index is 1.44. The molecule has 7 nitrogen and oxygen atoms in total. The lowest BCUT2D eigenvalue weighted by Crippen LogP contribution is -2.17. The van der Waals surface area contributed by atoms with Crippen LogP contribution in [0.15, 0.2) is 40.7 Å². The van der Waals surface area contributed by atoms with Crippen LogP contribution >= 0.6 is 23.1 Å². The van der Waals surface area contributed by atoms with E-state index in [-0.39, 0.29) is 17.1 Å². The van der Waals surface area contributed by atoms with Gasteiger partial charge in [0.15, 0.2) is 4.34 Å². The van der Waals surface area contributed by atoms with Crippen molar-refractivity contribution in [2.45, 2.75) is 43.4 Å². The van der Waals surface area contributed by atoms with Gasteiger partial charge in [-0.1, -0.05) is 62.1 Å². The monoisotopic (exact) mass is 442 g/mol. The average Bonchev–Trinajstić information content (AvgIpc) is 3.46. The van der Waals surface area contributed by atoms with Gasteiger partial charge in [-0.2, -0.15) is 5.10 Å². The summed E-state index contributed by atoms with van der Waals surface area (Å²) in [5.41, 5.74) is 1.72. The van der Waals surface area contributed by atoms with Crippen LogP contribution in [0.1, 0.15) is 39.3 Å². The minimum atomic E-state index is -0.118. The van der Waals surface area contributed by atoms with Gasteiger partial charge in [0.25, 0.3) is 0 Å². The zero-order valence-electron chi connectivity index (χ0n) is 17.5. The number of para-hydroxylation sites is 1. The molecule has 0 aliphatic carbocycles. The van der Waals surface area contributed by atoms with Gasteiger partial charge in [-0.3, -0.25) is 4.79 Å². The molecule has 1 saturated heterocycles. The Bertz CT molecular complexity index is 1000. The summed E-state index contributed by atoms with van der Waals surface area (Å²) < 4.78 is 2.61. The molecule has 1 N–H and O–H groups in total. The van der Waals surface area contributed by atoms with Crippen molar-refractivity contribution in [3.8, 4) is 5.69 Å². The van der Waals surface area contributed by atoms with Gasteiger partial charge in [-0.15, -0.1) is 10.2 Å². The van der Waals surface area contributed by atoms with E-state index in [4.69, 9.17) is 5.10 Å². The van der Waals surface area contributed by atoms with Crippen LogP contribution < -0.4 is 10.2 Å². The van der Waals surface area contributed by atoms with Crippen LogP contribution in [0.25, 0.3) is 5.69 Å². The van der Waals surface area contributed by atoms with Gasteiger partial charge in [0.2, 0.25) is 11.0 Å². The van der Waals surface area contributed by atoms with Crippen molar-refractivity contribution in [3.05, 3.63) is 42.1 Å². The van der Waals surface area contributed by atoms with E-state index in [1.807, 2.05) is 36.4 Å². The molecular weight excluding hydrogens is 416 g/mol. The number of carbonyl (C=O) groups excluding carboxylic acids is 1. The molecule has 2 aromatic heterocycles. The Morgan fingerprint density at radius 2 is 1.90 bits per heavy atom. The number of nitrogens with one attached hydrogen (secondary N) is 1. The number of rotatable bonds is 6. The second kappa shape index (κ2) is 8.77. The molecule has 0 bridgehead atoms. The number of hydrogen-bond donors (Lipinski definition) is 1. The first-order valence-corrected chi connectivity index (χ1v) is 11.9. The molecule has 158 valence electrons. The summed E-state index contributed by atoms with van der Waals surface area (Å²) >= 11 is 2.97.